The van der Waals surface area contributed by atoms with Crippen molar-refractivity contribution in [3.05, 3.63) is 54.6 Å². The van der Waals surface area contributed by atoms with Crippen molar-refractivity contribution in [3.63, 3.8) is 0 Å². The molecule has 0 saturated carbocycles. The van der Waals surface area contributed by atoms with Gasteiger partial charge in [-0.1, -0.05) is 48.5 Å². The van der Waals surface area contributed by atoms with E-state index in [1.165, 1.54) is 0 Å². The quantitative estimate of drug-likeness (QED) is 0.830. The van der Waals surface area contributed by atoms with Gasteiger partial charge in [0.2, 0.25) is 5.91 Å². The van der Waals surface area contributed by atoms with Crippen molar-refractivity contribution < 1.29 is 9.53 Å². The Bertz CT molecular complexity index is 658. The van der Waals surface area contributed by atoms with Gasteiger partial charge >= 0.3 is 0 Å². The van der Waals surface area contributed by atoms with E-state index >= 15 is 0 Å². The second-order valence-electron chi connectivity index (χ2n) is 6.05. The van der Waals surface area contributed by atoms with Gasteiger partial charge in [0.15, 0.2) is 0 Å². The monoisotopic (exact) mass is 360 g/mol. The highest BCUT2D eigenvalue weighted by molar-refractivity contribution is 5.85. The Hall–Kier alpha value is -2.04. The number of benzene rings is 2. The predicted molar refractivity (Wildman–Crippen MR) is 103 cm³/mol. The van der Waals surface area contributed by atoms with Crippen LogP contribution >= 0.6 is 12.4 Å². The molecule has 0 atom stereocenters. The number of hydrogen-bond donors (Lipinski definition) is 2. The molecule has 1 fully saturated rings. The van der Waals surface area contributed by atoms with Crippen LogP contribution in [0.2, 0.25) is 0 Å². The minimum atomic E-state index is 0. The van der Waals surface area contributed by atoms with E-state index < -0.39 is 0 Å². The number of rotatable bonds is 6. The highest BCUT2D eigenvalue weighted by Gasteiger charge is 2.15. The van der Waals surface area contributed by atoms with E-state index in [2.05, 4.69) is 22.8 Å². The van der Waals surface area contributed by atoms with Crippen LogP contribution in [0.15, 0.2) is 54.6 Å². The summed E-state index contributed by atoms with van der Waals surface area (Å²) in [6, 6.07) is 18.4. The molecule has 5 heteroatoms. The third kappa shape index (κ3) is 5.76. The zero-order valence-electron chi connectivity index (χ0n) is 14.2. The van der Waals surface area contributed by atoms with Gasteiger partial charge in [-0.2, -0.15) is 0 Å². The van der Waals surface area contributed by atoms with E-state index in [1.807, 2.05) is 42.5 Å². The molecule has 0 spiro atoms. The number of halogens is 1. The first kappa shape index (κ1) is 19.3. The van der Waals surface area contributed by atoms with Crippen molar-refractivity contribution in [1.82, 2.24) is 10.6 Å². The molecule has 4 nitrogen and oxygen atoms in total. The number of hydrogen-bond acceptors (Lipinski definition) is 3. The van der Waals surface area contributed by atoms with Crippen molar-refractivity contribution in [2.24, 2.45) is 0 Å². The molecular weight excluding hydrogens is 336 g/mol. The molecule has 25 heavy (non-hydrogen) atoms. The zero-order valence-corrected chi connectivity index (χ0v) is 15.1. The van der Waals surface area contributed by atoms with Gasteiger partial charge < -0.3 is 15.4 Å². The number of carbonyl (C=O) groups is 1. The molecule has 1 amide bonds. The molecule has 0 bridgehead atoms. The van der Waals surface area contributed by atoms with E-state index in [4.69, 9.17) is 4.74 Å². The van der Waals surface area contributed by atoms with Crippen LogP contribution in [0.5, 0.6) is 5.75 Å². The molecule has 2 aromatic carbocycles. The minimum Gasteiger partial charge on any atom is -0.492 e. The molecule has 1 aliphatic rings. The molecule has 3 rings (SSSR count). The lowest BCUT2D eigenvalue weighted by Crippen LogP contribution is -2.43. The second-order valence-corrected chi connectivity index (χ2v) is 6.05. The molecule has 2 N–H and O–H groups in total. The maximum absolute atomic E-state index is 12.0. The van der Waals surface area contributed by atoms with Crippen LogP contribution in [-0.2, 0) is 4.79 Å². The van der Waals surface area contributed by atoms with Gasteiger partial charge in [0.25, 0.3) is 0 Å². The van der Waals surface area contributed by atoms with Crippen molar-refractivity contribution in [2.45, 2.75) is 25.3 Å². The maximum atomic E-state index is 12.0. The van der Waals surface area contributed by atoms with E-state index in [0.29, 0.717) is 19.1 Å². The van der Waals surface area contributed by atoms with Crippen LogP contribution in [0.4, 0.5) is 0 Å². The Morgan fingerprint density at radius 1 is 1.04 bits per heavy atom. The van der Waals surface area contributed by atoms with Gasteiger partial charge in [0.1, 0.15) is 5.75 Å². The van der Waals surface area contributed by atoms with E-state index in [1.54, 1.807) is 0 Å². The fraction of sp³-hybridized carbons (Fsp3) is 0.350. The number of ether oxygens (including phenoxy) is 1. The summed E-state index contributed by atoms with van der Waals surface area (Å²) < 4.78 is 5.88. The fourth-order valence-corrected chi connectivity index (χ4v) is 2.97. The van der Waals surface area contributed by atoms with Crippen LogP contribution in [0, 0.1) is 0 Å². The summed E-state index contributed by atoms with van der Waals surface area (Å²) in [7, 11) is 0. The van der Waals surface area contributed by atoms with Gasteiger partial charge in [0.05, 0.1) is 13.0 Å². The average molecular weight is 361 g/mol. The Kier molecular flexibility index (Phi) is 7.76. The lowest BCUT2D eigenvalue weighted by atomic mass is 10.1. The number of piperidine rings is 1. The van der Waals surface area contributed by atoms with Crippen LogP contribution in [0.25, 0.3) is 11.1 Å². The molecule has 1 aliphatic heterocycles. The second kappa shape index (κ2) is 10.1. The molecule has 1 heterocycles. The summed E-state index contributed by atoms with van der Waals surface area (Å²) in [4.78, 5) is 12.0. The molecule has 0 radical (unpaired) electrons. The van der Waals surface area contributed by atoms with E-state index in [-0.39, 0.29) is 18.3 Å². The van der Waals surface area contributed by atoms with Crippen LogP contribution in [0.1, 0.15) is 19.3 Å². The smallest absolute Gasteiger partial charge is 0.223 e. The SMILES string of the molecule is Cl.O=C(CCOc1ccccc1-c1ccccc1)NC1CCNCC1. The first-order chi connectivity index (χ1) is 11.8. The number of amides is 1. The summed E-state index contributed by atoms with van der Waals surface area (Å²) in [5.74, 6) is 0.887. The maximum Gasteiger partial charge on any atom is 0.223 e. The summed E-state index contributed by atoms with van der Waals surface area (Å²) in [5, 5.41) is 6.39. The molecule has 0 aromatic heterocycles. The molecule has 1 saturated heterocycles. The van der Waals surface area contributed by atoms with E-state index in [0.717, 1.165) is 42.8 Å². The standard InChI is InChI=1S/C20H24N2O2.ClH/c23-20(22-17-10-13-21-14-11-17)12-15-24-19-9-5-4-8-18(19)16-6-2-1-3-7-16;/h1-9,17,21H,10-15H2,(H,22,23);1H. The largest absolute Gasteiger partial charge is 0.492 e. The topological polar surface area (TPSA) is 50.4 Å². The van der Waals surface area contributed by atoms with E-state index in [9.17, 15) is 4.79 Å². The molecule has 0 aliphatic carbocycles. The number of para-hydroxylation sites is 1. The number of carbonyl (C=O) groups excluding carboxylic acids is 1. The van der Waals surface area contributed by atoms with Gasteiger partial charge in [-0.05, 0) is 37.6 Å². The van der Waals surface area contributed by atoms with Crippen LogP contribution in [-0.4, -0.2) is 31.6 Å². The Morgan fingerprint density at radius 2 is 1.72 bits per heavy atom. The van der Waals surface area contributed by atoms with Gasteiger partial charge in [-0.15, -0.1) is 12.4 Å². The van der Waals surface area contributed by atoms with Crippen molar-refractivity contribution in [3.8, 4) is 16.9 Å². The Labute approximate surface area is 155 Å². The fourth-order valence-electron chi connectivity index (χ4n) is 2.97. The van der Waals surface area contributed by atoms with Crippen molar-refractivity contribution in [2.75, 3.05) is 19.7 Å². The van der Waals surface area contributed by atoms with Gasteiger partial charge in [-0.3, -0.25) is 4.79 Å². The molecule has 134 valence electrons. The molecule has 2 aromatic rings. The predicted octanol–water partition coefficient (Wildman–Crippen LogP) is 3.41. The highest BCUT2D eigenvalue weighted by Crippen LogP contribution is 2.29. The third-order valence-electron chi connectivity index (χ3n) is 4.26. The normalized spacial score (nSPS) is 14.4. The average Bonchev–Trinajstić information content (AvgIpc) is 2.64. The van der Waals surface area contributed by atoms with Crippen molar-refractivity contribution in [1.29, 1.82) is 0 Å². The van der Waals surface area contributed by atoms with Gasteiger partial charge in [0, 0.05) is 11.6 Å². The lowest BCUT2D eigenvalue weighted by Gasteiger charge is -2.23. The first-order valence-corrected chi connectivity index (χ1v) is 8.60. The van der Waals surface area contributed by atoms with Crippen LogP contribution < -0.4 is 15.4 Å². The summed E-state index contributed by atoms with van der Waals surface area (Å²) in [6.45, 7) is 2.35. The summed E-state index contributed by atoms with van der Waals surface area (Å²) >= 11 is 0. The minimum absolute atomic E-state index is 0. The molecular formula is C20H25ClN2O2. The third-order valence-corrected chi connectivity index (χ3v) is 4.26. The Morgan fingerprint density at radius 3 is 2.48 bits per heavy atom. The lowest BCUT2D eigenvalue weighted by molar-refractivity contribution is -0.122. The number of nitrogens with one attached hydrogen (secondary N) is 2. The van der Waals surface area contributed by atoms with Gasteiger partial charge in [-0.25, -0.2) is 0 Å². The Balaban J connectivity index is 0.00000225. The molecule has 0 unspecified atom stereocenters. The van der Waals surface area contributed by atoms with Crippen molar-refractivity contribution >= 4 is 18.3 Å². The zero-order chi connectivity index (χ0) is 16.6. The van der Waals surface area contributed by atoms with Crippen LogP contribution in [0.3, 0.4) is 0 Å². The highest BCUT2D eigenvalue weighted by atomic mass is 35.5. The first-order valence-electron chi connectivity index (χ1n) is 8.60. The summed E-state index contributed by atoms with van der Waals surface area (Å²) in [6.07, 6.45) is 2.39. The summed E-state index contributed by atoms with van der Waals surface area (Å²) in [5.41, 5.74) is 2.17.